The van der Waals surface area contributed by atoms with Crippen LogP contribution >= 0.6 is 0 Å². The van der Waals surface area contributed by atoms with Crippen molar-refractivity contribution in [1.29, 1.82) is 0 Å². The Hall–Kier alpha value is -1.59. The van der Waals surface area contributed by atoms with Crippen molar-refractivity contribution in [2.45, 2.75) is 52.0 Å². The zero-order chi connectivity index (χ0) is 14.0. The lowest BCUT2D eigenvalue weighted by Crippen LogP contribution is -2.47. The van der Waals surface area contributed by atoms with Gasteiger partial charge in [-0.15, -0.1) is 0 Å². The van der Waals surface area contributed by atoms with Gasteiger partial charge < -0.3 is 14.7 Å². The van der Waals surface area contributed by atoms with Crippen LogP contribution < -0.4 is 10.2 Å². The van der Waals surface area contributed by atoms with E-state index in [0.29, 0.717) is 11.8 Å². The van der Waals surface area contributed by atoms with Crippen LogP contribution in [0, 0.1) is 0 Å². The van der Waals surface area contributed by atoms with Crippen molar-refractivity contribution < 1.29 is 9.32 Å². The number of nitrogens with one attached hydrogen (secondary N) is 1. The highest BCUT2D eigenvalue weighted by molar-refractivity contribution is 5.73. The number of anilines is 1. The highest BCUT2D eigenvalue weighted by atomic mass is 16.5. The largest absolute Gasteiger partial charge is 0.352 e. The lowest BCUT2D eigenvalue weighted by molar-refractivity contribution is -0.119. The maximum absolute atomic E-state index is 11.1. The SMILES string of the molecule is CC(=O)N[C@H]1CCCN(c2noc(C(C)(C)C)n2)C1. The van der Waals surface area contributed by atoms with Crippen LogP contribution in [-0.2, 0) is 10.2 Å². The van der Waals surface area contributed by atoms with Crippen molar-refractivity contribution in [1.82, 2.24) is 15.5 Å². The van der Waals surface area contributed by atoms with Gasteiger partial charge in [0.05, 0.1) is 0 Å². The summed E-state index contributed by atoms with van der Waals surface area (Å²) in [6.07, 6.45) is 2.02. The summed E-state index contributed by atoms with van der Waals surface area (Å²) in [6, 6.07) is 0.169. The molecule has 0 unspecified atom stereocenters. The van der Waals surface area contributed by atoms with Gasteiger partial charge in [-0.1, -0.05) is 20.8 Å². The number of amides is 1. The van der Waals surface area contributed by atoms with Gasteiger partial charge >= 0.3 is 0 Å². The van der Waals surface area contributed by atoms with Crippen LogP contribution in [0.1, 0.15) is 46.4 Å². The number of carbonyl (C=O) groups is 1. The molecular formula is C13H22N4O2. The van der Waals surface area contributed by atoms with Crippen LogP contribution in [0.5, 0.6) is 0 Å². The molecule has 19 heavy (non-hydrogen) atoms. The minimum absolute atomic E-state index is 0.00958. The second-order valence-corrected chi connectivity index (χ2v) is 6.14. The Morgan fingerprint density at radius 2 is 2.21 bits per heavy atom. The molecule has 0 aromatic carbocycles. The van der Waals surface area contributed by atoms with E-state index in [4.69, 9.17) is 4.52 Å². The average Bonchev–Trinajstić information content (AvgIpc) is 2.77. The Bertz CT molecular complexity index is 450. The van der Waals surface area contributed by atoms with Crippen molar-refractivity contribution in [3.63, 3.8) is 0 Å². The number of aromatic nitrogens is 2. The maximum atomic E-state index is 11.1. The molecule has 2 rings (SSSR count). The molecular weight excluding hydrogens is 244 g/mol. The van der Waals surface area contributed by atoms with Crippen molar-refractivity contribution in [2.75, 3.05) is 18.0 Å². The van der Waals surface area contributed by atoms with Gasteiger partial charge in [-0.05, 0) is 18.0 Å². The molecule has 1 fully saturated rings. The van der Waals surface area contributed by atoms with Gasteiger partial charge in [0.25, 0.3) is 5.95 Å². The van der Waals surface area contributed by atoms with Crippen LogP contribution in [0.2, 0.25) is 0 Å². The normalized spacial score (nSPS) is 20.4. The summed E-state index contributed by atoms with van der Waals surface area (Å²) in [5.74, 6) is 1.28. The maximum Gasteiger partial charge on any atom is 0.266 e. The molecule has 1 aliphatic heterocycles. The van der Waals surface area contributed by atoms with Crippen LogP contribution in [0.25, 0.3) is 0 Å². The molecule has 1 aliphatic rings. The first-order valence-corrected chi connectivity index (χ1v) is 6.72. The lowest BCUT2D eigenvalue weighted by atomic mass is 9.97. The summed E-state index contributed by atoms with van der Waals surface area (Å²) in [7, 11) is 0. The van der Waals surface area contributed by atoms with E-state index in [-0.39, 0.29) is 17.4 Å². The highest BCUT2D eigenvalue weighted by Gasteiger charge is 2.27. The molecule has 1 atom stereocenters. The van der Waals surface area contributed by atoms with Crippen molar-refractivity contribution in [3.05, 3.63) is 5.89 Å². The molecule has 2 heterocycles. The van der Waals surface area contributed by atoms with E-state index in [1.165, 1.54) is 0 Å². The van der Waals surface area contributed by atoms with E-state index in [1.54, 1.807) is 6.92 Å². The summed E-state index contributed by atoms with van der Waals surface area (Å²) >= 11 is 0. The van der Waals surface area contributed by atoms with Gasteiger partial charge in [-0.2, -0.15) is 4.98 Å². The van der Waals surface area contributed by atoms with E-state index in [0.717, 1.165) is 25.9 Å². The first kappa shape index (κ1) is 13.8. The van der Waals surface area contributed by atoms with Gasteiger partial charge in [0.15, 0.2) is 0 Å². The standard InChI is InChI=1S/C13H22N4O2/c1-9(18)14-10-6-5-7-17(8-10)12-15-11(19-16-12)13(2,3)4/h10H,5-8H2,1-4H3,(H,14,18)/t10-/m0/s1. The predicted molar refractivity (Wildman–Crippen MR) is 72.0 cm³/mol. The average molecular weight is 266 g/mol. The third kappa shape index (κ3) is 3.45. The Kier molecular flexibility index (Phi) is 3.78. The van der Waals surface area contributed by atoms with Gasteiger partial charge in [-0.3, -0.25) is 4.79 Å². The fourth-order valence-electron chi connectivity index (χ4n) is 2.21. The number of hydrogen-bond acceptors (Lipinski definition) is 5. The summed E-state index contributed by atoms with van der Waals surface area (Å²) in [6.45, 7) is 9.31. The van der Waals surface area contributed by atoms with E-state index >= 15 is 0 Å². The molecule has 0 spiro atoms. The Morgan fingerprint density at radius 1 is 1.47 bits per heavy atom. The van der Waals surface area contributed by atoms with Gasteiger partial charge in [0.2, 0.25) is 11.8 Å². The fourth-order valence-corrected chi connectivity index (χ4v) is 2.21. The molecule has 1 N–H and O–H groups in total. The molecule has 0 bridgehead atoms. The molecule has 1 aromatic rings. The summed E-state index contributed by atoms with van der Waals surface area (Å²) in [5.41, 5.74) is -0.141. The van der Waals surface area contributed by atoms with Crippen molar-refractivity contribution in [3.8, 4) is 0 Å². The van der Waals surface area contributed by atoms with Crippen LogP contribution in [0.3, 0.4) is 0 Å². The molecule has 1 amide bonds. The Morgan fingerprint density at radius 3 is 2.79 bits per heavy atom. The van der Waals surface area contributed by atoms with E-state index < -0.39 is 0 Å². The lowest BCUT2D eigenvalue weighted by Gasteiger charge is -2.31. The van der Waals surface area contributed by atoms with Gasteiger partial charge in [0.1, 0.15) is 0 Å². The summed E-state index contributed by atoms with van der Waals surface area (Å²) < 4.78 is 5.31. The molecule has 0 radical (unpaired) electrons. The predicted octanol–water partition coefficient (Wildman–Crippen LogP) is 1.47. The third-order valence-corrected chi connectivity index (χ3v) is 3.17. The molecule has 6 heteroatoms. The number of nitrogens with zero attached hydrogens (tertiary/aromatic N) is 3. The number of rotatable bonds is 2. The zero-order valence-electron chi connectivity index (χ0n) is 12.1. The molecule has 6 nitrogen and oxygen atoms in total. The third-order valence-electron chi connectivity index (χ3n) is 3.17. The van der Waals surface area contributed by atoms with Crippen molar-refractivity contribution >= 4 is 11.9 Å². The topological polar surface area (TPSA) is 71.3 Å². The number of carbonyl (C=O) groups excluding carboxylic acids is 1. The molecule has 1 saturated heterocycles. The zero-order valence-corrected chi connectivity index (χ0v) is 12.1. The van der Waals surface area contributed by atoms with Gasteiger partial charge in [-0.25, -0.2) is 0 Å². The van der Waals surface area contributed by atoms with Crippen LogP contribution in [0.15, 0.2) is 4.52 Å². The molecule has 106 valence electrons. The summed E-state index contributed by atoms with van der Waals surface area (Å²) in [4.78, 5) is 17.6. The smallest absolute Gasteiger partial charge is 0.266 e. The van der Waals surface area contributed by atoms with E-state index in [1.807, 2.05) is 20.8 Å². The highest BCUT2D eigenvalue weighted by Crippen LogP contribution is 2.23. The molecule has 0 aliphatic carbocycles. The Balaban J connectivity index is 2.05. The first-order chi connectivity index (χ1) is 8.86. The monoisotopic (exact) mass is 266 g/mol. The van der Waals surface area contributed by atoms with Crippen LogP contribution in [0.4, 0.5) is 5.95 Å². The minimum Gasteiger partial charge on any atom is -0.352 e. The second-order valence-electron chi connectivity index (χ2n) is 6.14. The fraction of sp³-hybridized carbons (Fsp3) is 0.769. The molecule has 1 aromatic heterocycles. The van der Waals surface area contributed by atoms with E-state index in [9.17, 15) is 4.79 Å². The van der Waals surface area contributed by atoms with Crippen LogP contribution in [-0.4, -0.2) is 35.2 Å². The second kappa shape index (κ2) is 5.19. The molecule has 0 saturated carbocycles. The van der Waals surface area contributed by atoms with Gasteiger partial charge in [0, 0.05) is 31.5 Å². The summed E-state index contributed by atoms with van der Waals surface area (Å²) in [5, 5.41) is 7.00. The quantitative estimate of drug-likeness (QED) is 0.877. The number of hydrogen-bond donors (Lipinski definition) is 1. The number of piperidine rings is 1. The first-order valence-electron chi connectivity index (χ1n) is 6.72. The minimum atomic E-state index is -0.141. The van der Waals surface area contributed by atoms with Crippen molar-refractivity contribution in [2.24, 2.45) is 0 Å². The Labute approximate surface area is 113 Å². The van der Waals surface area contributed by atoms with E-state index in [2.05, 4.69) is 20.4 Å².